The average molecular weight is 711 g/mol. The molecule has 0 amide bonds. The summed E-state index contributed by atoms with van der Waals surface area (Å²) in [5.41, 5.74) is 0.525. The summed E-state index contributed by atoms with van der Waals surface area (Å²) in [5.74, 6) is -0.323. The van der Waals surface area contributed by atoms with Gasteiger partial charge in [0.05, 0.1) is 13.2 Å². The summed E-state index contributed by atoms with van der Waals surface area (Å²) < 4.78 is 21.6. The fourth-order valence-corrected chi connectivity index (χ4v) is 17.1. The monoisotopic (exact) mass is 710 g/mol. The van der Waals surface area contributed by atoms with Crippen LogP contribution in [0.3, 0.4) is 0 Å². The largest absolute Gasteiger partial charge is 0.451 e. The third-order valence-corrected chi connectivity index (χ3v) is 20.1. The maximum atomic E-state index is 13.9. The Labute approximate surface area is 306 Å². The molecule has 1 fully saturated rings. The molecule has 0 N–H and O–H groups in total. The third-order valence-electron chi connectivity index (χ3n) is 10.2. The highest BCUT2D eigenvalue weighted by Gasteiger charge is 2.56. The third kappa shape index (κ3) is 7.24. The maximum absolute atomic E-state index is 13.9. The van der Waals surface area contributed by atoms with Crippen LogP contribution in [0.25, 0.3) is 6.08 Å². The van der Waals surface area contributed by atoms with E-state index in [2.05, 4.69) is 163 Å². The Kier molecular flexibility index (Phi) is 10.5. The molecule has 5 aromatic carbocycles. The predicted molar refractivity (Wildman–Crippen MR) is 215 cm³/mol. The number of hydrogen-bond acceptors (Lipinski definition) is 4. The first-order valence-corrected chi connectivity index (χ1v) is 21.7. The zero-order valence-electron chi connectivity index (χ0n) is 30.8. The molecular formula is C45H50O4Si2. The van der Waals surface area contributed by atoms with Crippen LogP contribution in [0.5, 0.6) is 0 Å². The van der Waals surface area contributed by atoms with Gasteiger partial charge in [0, 0.05) is 12.0 Å². The van der Waals surface area contributed by atoms with Crippen LogP contribution < -0.4 is 20.7 Å². The molecule has 5 aromatic rings. The van der Waals surface area contributed by atoms with Crippen molar-refractivity contribution in [1.82, 2.24) is 0 Å². The smallest absolute Gasteiger partial charge is 0.334 e. The van der Waals surface area contributed by atoms with Gasteiger partial charge in [-0.05, 0) is 42.5 Å². The molecule has 6 rings (SSSR count). The fourth-order valence-electron chi connectivity index (χ4n) is 7.78. The summed E-state index contributed by atoms with van der Waals surface area (Å²) in [5, 5.41) is 4.21. The molecule has 0 saturated carbocycles. The van der Waals surface area contributed by atoms with Crippen LogP contribution in [-0.2, 0) is 18.4 Å². The first-order valence-electron chi connectivity index (χ1n) is 17.9. The van der Waals surface area contributed by atoms with E-state index in [1.54, 1.807) is 0 Å². The number of cyclic esters (lactones) is 1. The summed E-state index contributed by atoms with van der Waals surface area (Å²) in [4.78, 5) is 13.9. The van der Waals surface area contributed by atoms with Gasteiger partial charge in [0.15, 0.2) is 5.60 Å². The van der Waals surface area contributed by atoms with Crippen LogP contribution in [0.2, 0.25) is 10.1 Å². The van der Waals surface area contributed by atoms with Crippen molar-refractivity contribution in [1.29, 1.82) is 0 Å². The molecule has 1 heterocycles. The van der Waals surface area contributed by atoms with Crippen LogP contribution in [-0.4, -0.2) is 41.4 Å². The van der Waals surface area contributed by atoms with Crippen LogP contribution in [0.4, 0.5) is 0 Å². The SMILES string of the molecule is CC(C)(C)[Si](OCC1(CO[Si](c2ccccc2)(c2ccccc2)C(C)(C)C)C/C(=C/c2ccccc2)C(=O)O1)(c1ccccc1)c1ccccc1. The van der Waals surface area contributed by atoms with Gasteiger partial charge in [-0.1, -0.05) is 193 Å². The lowest BCUT2D eigenvalue weighted by atomic mass is 9.98. The molecule has 0 atom stereocenters. The minimum Gasteiger partial charge on any atom is -0.451 e. The Morgan fingerprint density at radius 3 is 1.18 bits per heavy atom. The molecule has 1 saturated heterocycles. The molecule has 4 nitrogen and oxygen atoms in total. The Bertz CT molecular complexity index is 1730. The Morgan fingerprint density at radius 2 is 0.863 bits per heavy atom. The molecule has 0 aromatic heterocycles. The molecule has 1 aliphatic rings. The van der Waals surface area contributed by atoms with E-state index < -0.39 is 22.2 Å². The van der Waals surface area contributed by atoms with Crippen molar-refractivity contribution < 1.29 is 18.4 Å². The lowest BCUT2D eigenvalue weighted by molar-refractivity contribution is -0.152. The van der Waals surface area contributed by atoms with Gasteiger partial charge < -0.3 is 13.6 Å². The Hall–Kier alpha value is -4.34. The number of esters is 1. The second-order valence-corrected chi connectivity index (χ2v) is 24.3. The summed E-state index contributed by atoms with van der Waals surface area (Å²) >= 11 is 0. The van der Waals surface area contributed by atoms with Crippen LogP contribution in [0.1, 0.15) is 53.5 Å². The van der Waals surface area contributed by atoms with E-state index in [0.29, 0.717) is 12.0 Å². The molecule has 1 aliphatic heterocycles. The molecular weight excluding hydrogens is 661 g/mol. The van der Waals surface area contributed by atoms with Crippen molar-refractivity contribution in [2.24, 2.45) is 0 Å². The van der Waals surface area contributed by atoms with E-state index in [1.807, 2.05) is 36.4 Å². The summed E-state index contributed by atoms with van der Waals surface area (Å²) in [7, 11) is -5.95. The normalized spacial score (nSPS) is 15.9. The van der Waals surface area contributed by atoms with E-state index >= 15 is 0 Å². The van der Waals surface area contributed by atoms with Gasteiger partial charge in [0.25, 0.3) is 16.6 Å². The number of carbonyl (C=O) groups excluding carboxylic acids is 1. The van der Waals surface area contributed by atoms with Crippen LogP contribution in [0, 0.1) is 0 Å². The lowest BCUT2D eigenvalue weighted by Crippen LogP contribution is -2.69. The molecule has 0 radical (unpaired) electrons. The molecule has 262 valence electrons. The highest BCUT2D eigenvalue weighted by molar-refractivity contribution is 7.00. The quantitative estimate of drug-likeness (QED) is 0.0795. The number of rotatable bonds is 11. The zero-order valence-corrected chi connectivity index (χ0v) is 32.8. The first-order chi connectivity index (χ1) is 24.4. The molecule has 51 heavy (non-hydrogen) atoms. The van der Waals surface area contributed by atoms with Crippen molar-refractivity contribution >= 4 is 49.4 Å². The van der Waals surface area contributed by atoms with E-state index in [0.717, 1.165) is 5.56 Å². The molecule has 0 unspecified atom stereocenters. The van der Waals surface area contributed by atoms with Crippen LogP contribution in [0.15, 0.2) is 157 Å². The van der Waals surface area contributed by atoms with Gasteiger partial charge >= 0.3 is 5.97 Å². The van der Waals surface area contributed by atoms with Gasteiger partial charge in [-0.3, -0.25) is 0 Å². The van der Waals surface area contributed by atoms with Crippen molar-refractivity contribution in [3.05, 3.63) is 163 Å². The van der Waals surface area contributed by atoms with Crippen molar-refractivity contribution in [3.8, 4) is 0 Å². The number of hydrogen-bond donors (Lipinski definition) is 0. The van der Waals surface area contributed by atoms with Gasteiger partial charge in [0.1, 0.15) is 0 Å². The first kappa shape index (κ1) is 36.5. The number of ether oxygens (including phenoxy) is 1. The highest BCUT2D eigenvalue weighted by Crippen LogP contribution is 2.42. The van der Waals surface area contributed by atoms with Gasteiger partial charge in [-0.15, -0.1) is 0 Å². The predicted octanol–water partition coefficient (Wildman–Crippen LogP) is 7.91. The molecule has 0 bridgehead atoms. The standard InChI is InChI=1S/C45H50O4Si2/c1-43(2,3)50(38-24-14-8-15-25-38,39-26-16-9-17-27-39)47-34-45(33-37(42(46)49-45)32-36-22-12-7-13-23-36)35-48-51(44(4,5)6,40-28-18-10-19-29-40)41-30-20-11-21-31-41/h7-32H,33-35H2,1-6H3/b37-32-. The van der Waals surface area contributed by atoms with Gasteiger partial charge in [-0.2, -0.15) is 0 Å². The van der Waals surface area contributed by atoms with E-state index in [-0.39, 0.29) is 29.3 Å². The summed E-state index contributed by atoms with van der Waals surface area (Å²) in [6.07, 6.45) is 2.33. The summed E-state index contributed by atoms with van der Waals surface area (Å²) in [6.45, 7) is 14.0. The summed E-state index contributed by atoms with van der Waals surface area (Å²) in [6, 6.07) is 52.4. The number of benzene rings is 5. The molecule has 6 heteroatoms. The van der Waals surface area contributed by atoms with Crippen molar-refractivity contribution in [3.63, 3.8) is 0 Å². The maximum Gasteiger partial charge on any atom is 0.334 e. The second kappa shape index (κ2) is 14.7. The molecule has 0 spiro atoms. The topological polar surface area (TPSA) is 44.8 Å². The minimum atomic E-state index is -2.98. The minimum absolute atomic E-state index is 0.191. The molecule has 0 aliphatic carbocycles. The average Bonchev–Trinajstić information content (AvgIpc) is 3.44. The Balaban J connectivity index is 1.49. The fraction of sp³-hybridized carbons (Fsp3) is 0.267. The van der Waals surface area contributed by atoms with Crippen molar-refractivity contribution in [2.75, 3.05) is 13.2 Å². The zero-order chi connectivity index (χ0) is 36.2. The van der Waals surface area contributed by atoms with E-state index in [1.165, 1.54) is 20.7 Å². The van der Waals surface area contributed by atoms with Gasteiger partial charge in [-0.25, -0.2) is 4.79 Å². The lowest BCUT2D eigenvalue weighted by Gasteiger charge is -2.46. The Morgan fingerprint density at radius 1 is 0.549 bits per heavy atom. The van der Waals surface area contributed by atoms with E-state index in [9.17, 15) is 4.79 Å². The van der Waals surface area contributed by atoms with Crippen LogP contribution >= 0.6 is 0 Å². The number of carbonyl (C=O) groups is 1. The van der Waals surface area contributed by atoms with E-state index in [4.69, 9.17) is 13.6 Å². The second-order valence-electron chi connectivity index (χ2n) is 15.7. The highest BCUT2D eigenvalue weighted by atomic mass is 28.4. The van der Waals surface area contributed by atoms with Crippen molar-refractivity contribution in [2.45, 2.75) is 63.6 Å². The van der Waals surface area contributed by atoms with Gasteiger partial charge in [0.2, 0.25) is 0 Å².